The summed E-state index contributed by atoms with van der Waals surface area (Å²) in [5.74, 6) is 5.24. The molecule has 0 aromatic carbocycles. The molecule has 1 aliphatic heterocycles. The third-order valence-corrected chi connectivity index (χ3v) is 2.17. The van der Waals surface area contributed by atoms with Crippen molar-refractivity contribution in [3.05, 3.63) is 0 Å². The second-order valence-corrected chi connectivity index (χ2v) is 2.92. The van der Waals surface area contributed by atoms with Crippen LogP contribution in [0.15, 0.2) is 0 Å². The number of nitrogens with zero attached hydrogens (tertiary/aromatic N) is 1. The van der Waals surface area contributed by atoms with Gasteiger partial charge in [0.2, 0.25) is 0 Å². The number of halogens is 3. The fourth-order valence-electron chi connectivity index (χ4n) is 1.32. The van der Waals surface area contributed by atoms with Crippen LogP contribution in [0.5, 0.6) is 0 Å². The van der Waals surface area contributed by atoms with Crippen molar-refractivity contribution in [2.75, 3.05) is 20.2 Å². The van der Waals surface area contributed by atoms with Crippen LogP contribution >= 0.6 is 0 Å². The number of hydrazine groups is 1. The molecule has 0 bridgehead atoms. The first kappa shape index (κ1) is 9.76. The summed E-state index contributed by atoms with van der Waals surface area (Å²) in [5, 5.41) is 1.12. The summed E-state index contributed by atoms with van der Waals surface area (Å²) < 4.78 is 41.6. The average molecular weight is 184 g/mol. The second kappa shape index (κ2) is 2.86. The van der Waals surface area contributed by atoms with Gasteiger partial charge in [0.15, 0.2) is 5.60 Å². The zero-order chi connectivity index (χ0) is 9.41. The lowest BCUT2D eigenvalue weighted by atomic mass is 10.0. The van der Waals surface area contributed by atoms with Crippen LogP contribution in [0.4, 0.5) is 13.2 Å². The minimum Gasteiger partial charge on any atom is -0.367 e. The van der Waals surface area contributed by atoms with Gasteiger partial charge in [0, 0.05) is 20.1 Å². The smallest absolute Gasteiger partial charge is 0.367 e. The number of methoxy groups -OCH3 is 1. The predicted octanol–water partition coefficient (Wildman–Crippen LogP) is 0.513. The number of nitrogens with two attached hydrogens (primary N) is 1. The maximum Gasteiger partial charge on any atom is 0.418 e. The molecule has 0 aromatic heterocycles. The molecule has 3 nitrogen and oxygen atoms in total. The van der Waals surface area contributed by atoms with Crippen molar-refractivity contribution in [1.29, 1.82) is 0 Å². The lowest BCUT2D eigenvalue weighted by Crippen LogP contribution is -2.49. The van der Waals surface area contributed by atoms with Gasteiger partial charge in [-0.2, -0.15) is 13.2 Å². The van der Waals surface area contributed by atoms with Gasteiger partial charge >= 0.3 is 6.18 Å². The molecule has 6 heteroatoms. The van der Waals surface area contributed by atoms with Crippen molar-refractivity contribution in [2.24, 2.45) is 5.84 Å². The number of hydrogen-bond donors (Lipinski definition) is 1. The first-order chi connectivity index (χ1) is 5.41. The van der Waals surface area contributed by atoms with Crippen LogP contribution in [0.25, 0.3) is 0 Å². The molecular formula is C6H11F3N2O. The molecule has 0 amide bonds. The molecule has 0 unspecified atom stereocenters. The molecule has 72 valence electrons. The maximum absolute atomic E-state index is 12.4. The number of ether oxygens (including phenoxy) is 1. The first-order valence-electron chi connectivity index (χ1n) is 3.53. The molecule has 1 heterocycles. The second-order valence-electron chi connectivity index (χ2n) is 2.92. The van der Waals surface area contributed by atoms with E-state index in [2.05, 4.69) is 4.74 Å². The molecule has 0 aromatic rings. The van der Waals surface area contributed by atoms with E-state index in [1.165, 1.54) is 0 Å². The van der Waals surface area contributed by atoms with Crippen molar-refractivity contribution in [1.82, 2.24) is 5.01 Å². The van der Waals surface area contributed by atoms with Crippen LogP contribution in [0.2, 0.25) is 0 Å². The number of hydrogen-bond acceptors (Lipinski definition) is 3. The molecule has 0 aliphatic carbocycles. The van der Waals surface area contributed by atoms with Gasteiger partial charge in [0.05, 0.1) is 6.54 Å². The number of alkyl halides is 3. The lowest BCUT2D eigenvalue weighted by molar-refractivity contribution is -0.263. The van der Waals surface area contributed by atoms with Gasteiger partial charge in [-0.3, -0.25) is 5.84 Å². The monoisotopic (exact) mass is 184 g/mol. The summed E-state index contributed by atoms with van der Waals surface area (Å²) in [7, 11) is 1.06. The van der Waals surface area contributed by atoms with Crippen molar-refractivity contribution >= 4 is 0 Å². The highest BCUT2D eigenvalue weighted by atomic mass is 19.4. The molecule has 1 rings (SSSR count). The largest absolute Gasteiger partial charge is 0.418 e. The van der Waals surface area contributed by atoms with Gasteiger partial charge in [-0.15, -0.1) is 0 Å². The Hall–Kier alpha value is -0.330. The molecule has 0 radical (unpaired) electrons. The van der Waals surface area contributed by atoms with Crippen LogP contribution in [0, 0.1) is 0 Å². The predicted molar refractivity (Wildman–Crippen MR) is 36.2 cm³/mol. The van der Waals surface area contributed by atoms with Gasteiger partial charge in [0.1, 0.15) is 0 Å². The maximum atomic E-state index is 12.4. The highest BCUT2D eigenvalue weighted by molar-refractivity contribution is 4.95. The quantitative estimate of drug-likeness (QED) is 0.603. The summed E-state index contributed by atoms with van der Waals surface area (Å²) in [4.78, 5) is 0. The van der Waals surface area contributed by atoms with E-state index in [1.54, 1.807) is 0 Å². The Morgan fingerprint density at radius 2 is 2.08 bits per heavy atom. The highest BCUT2D eigenvalue weighted by Crippen LogP contribution is 2.39. The van der Waals surface area contributed by atoms with Gasteiger partial charge in [0.25, 0.3) is 0 Å². The molecule has 0 saturated carbocycles. The minimum atomic E-state index is -4.34. The summed E-state index contributed by atoms with van der Waals surface area (Å²) >= 11 is 0. The third kappa shape index (κ3) is 1.41. The van der Waals surface area contributed by atoms with Crippen LogP contribution in [0.3, 0.4) is 0 Å². The fraction of sp³-hybridized carbons (Fsp3) is 1.00. The zero-order valence-corrected chi connectivity index (χ0v) is 6.69. The van der Waals surface area contributed by atoms with E-state index in [9.17, 15) is 13.2 Å². The standard InChI is InChI=1S/C6H11F3N2O/c1-12-5(6(7,8)9)2-3-11(10)4-5/h2-4,10H2,1H3/t5-/m0/s1. The summed E-state index contributed by atoms with van der Waals surface area (Å²) in [6.45, 7) is -0.0691. The summed E-state index contributed by atoms with van der Waals surface area (Å²) in [5.41, 5.74) is -2.05. The van der Waals surface area contributed by atoms with Crippen LogP contribution in [-0.4, -0.2) is 37.0 Å². The van der Waals surface area contributed by atoms with E-state index in [1.807, 2.05) is 0 Å². The summed E-state index contributed by atoms with van der Waals surface area (Å²) in [6, 6.07) is 0. The normalized spacial score (nSPS) is 32.8. The van der Waals surface area contributed by atoms with Crippen LogP contribution in [0.1, 0.15) is 6.42 Å². The van der Waals surface area contributed by atoms with Gasteiger partial charge < -0.3 is 4.74 Å². The fourth-order valence-corrected chi connectivity index (χ4v) is 1.32. The SMILES string of the molecule is CO[C@@]1(C(F)(F)F)CCN(N)C1. The molecule has 0 spiro atoms. The van der Waals surface area contributed by atoms with E-state index in [0.29, 0.717) is 0 Å². The first-order valence-corrected chi connectivity index (χ1v) is 3.53. The van der Waals surface area contributed by atoms with Crippen LogP contribution in [-0.2, 0) is 4.74 Å². The Labute approximate surface area is 68.2 Å². The Bertz CT molecular complexity index is 173. The van der Waals surface area contributed by atoms with E-state index < -0.39 is 11.8 Å². The third-order valence-electron chi connectivity index (χ3n) is 2.17. The zero-order valence-electron chi connectivity index (χ0n) is 6.69. The molecule has 1 fully saturated rings. The van der Waals surface area contributed by atoms with Crippen LogP contribution < -0.4 is 5.84 Å². The minimum absolute atomic E-state index is 0.0938. The van der Waals surface area contributed by atoms with Crippen molar-refractivity contribution in [3.8, 4) is 0 Å². The average Bonchev–Trinajstić information content (AvgIpc) is 2.31. The number of rotatable bonds is 1. The van der Waals surface area contributed by atoms with Crippen molar-refractivity contribution in [3.63, 3.8) is 0 Å². The Kier molecular flexibility index (Phi) is 2.33. The molecule has 12 heavy (non-hydrogen) atoms. The summed E-state index contributed by atoms with van der Waals surface area (Å²) in [6.07, 6.45) is -4.43. The Morgan fingerprint density at radius 1 is 1.50 bits per heavy atom. The molecule has 2 N–H and O–H groups in total. The van der Waals surface area contributed by atoms with Crippen molar-refractivity contribution < 1.29 is 17.9 Å². The van der Waals surface area contributed by atoms with E-state index in [0.717, 1.165) is 12.1 Å². The Morgan fingerprint density at radius 3 is 2.25 bits per heavy atom. The molecular weight excluding hydrogens is 173 g/mol. The molecule has 1 saturated heterocycles. The molecule has 1 atom stereocenters. The van der Waals surface area contributed by atoms with Gasteiger partial charge in [-0.25, -0.2) is 5.01 Å². The highest BCUT2D eigenvalue weighted by Gasteiger charge is 2.58. The van der Waals surface area contributed by atoms with Gasteiger partial charge in [-0.1, -0.05) is 0 Å². The van der Waals surface area contributed by atoms with E-state index in [-0.39, 0.29) is 19.5 Å². The van der Waals surface area contributed by atoms with E-state index >= 15 is 0 Å². The van der Waals surface area contributed by atoms with E-state index in [4.69, 9.17) is 5.84 Å². The topological polar surface area (TPSA) is 38.5 Å². The Balaban J connectivity index is 2.78. The lowest BCUT2D eigenvalue weighted by Gasteiger charge is -2.29. The van der Waals surface area contributed by atoms with Gasteiger partial charge in [-0.05, 0) is 0 Å². The van der Waals surface area contributed by atoms with Crippen molar-refractivity contribution in [2.45, 2.75) is 18.2 Å². The molecule has 1 aliphatic rings.